The Morgan fingerprint density at radius 3 is 2.24 bits per heavy atom. The van der Waals surface area contributed by atoms with Crippen molar-refractivity contribution in [2.45, 2.75) is 32.1 Å². The summed E-state index contributed by atoms with van der Waals surface area (Å²) in [5, 5.41) is 11.4. The highest BCUT2D eigenvalue weighted by Crippen LogP contribution is 2.24. The lowest BCUT2D eigenvalue weighted by Crippen LogP contribution is -2.30. The number of carbonyl (C=O) groups excluding carboxylic acids is 1. The van der Waals surface area contributed by atoms with E-state index < -0.39 is 26.4 Å². The molecule has 0 aromatic heterocycles. The maximum Gasteiger partial charge on any atom is 0.335 e. The lowest BCUT2D eigenvalue weighted by atomic mass is 9.89. The molecule has 1 aromatic rings. The number of benzene rings is 1. The van der Waals surface area contributed by atoms with E-state index in [1.807, 2.05) is 6.92 Å². The summed E-state index contributed by atoms with van der Waals surface area (Å²) in [6, 6.07) is 2.95. The zero-order valence-corrected chi connectivity index (χ0v) is 12.7. The monoisotopic (exact) mass is 315 g/mol. The van der Waals surface area contributed by atoms with Crippen molar-refractivity contribution < 1.29 is 27.7 Å². The van der Waals surface area contributed by atoms with Crippen LogP contribution in [0.25, 0.3) is 0 Å². The summed E-state index contributed by atoms with van der Waals surface area (Å²) in [6.45, 7) is 5.22. The van der Waals surface area contributed by atoms with Crippen LogP contribution in [-0.4, -0.2) is 30.0 Å². The van der Waals surface area contributed by atoms with Gasteiger partial charge in [0.15, 0.2) is 0 Å². The van der Waals surface area contributed by atoms with Gasteiger partial charge in [0.1, 0.15) is 0 Å². The van der Waals surface area contributed by atoms with E-state index in [2.05, 4.69) is 5.32 Å². The van der Waals surface area contributed by atoms with Gasteiger partial charge in [-0.15, -0.1) is 0 Å². The molecule has 1 amide bonds. The van der Waals surface area contributed by atoms with Gasteiger partial charge < -0.3 is 10.4 Å². The van der Waals surface area contributed by atoms with Crippen LogP contribution in [0.1, 0.15) is 37.6 Å². The number of carboxylic acids is 1. The average molecular weight is 315 g/mol. The second kappa shape index (κ2) is 5.82. The van der Waals surface area contributed by atoms with E-state index in [0.29, 0.717) is 6.42 Å². The summed E-state index contributed by atoms with van der Waals surface area (Å²) < 4.78 is 31.3. The Morgan fingerprint density at radius 2 is 1.81 bits per heavy atom. The van der Waals surface area contributed by atoms with Crippen molar-refractivity contribution in [1.29, 1.82) is 0 Å². The van der Waals surface area contributed by atoms with Crippen molar-refractivity contribution in [3.63, 3.8) is 0 Å². The zero-order valence-electron chi connectivity index (χ0n) is 11.9. The minimum Gasteiger partial charge on any atom is -0.478 e. The van der Waals surface area contributed by atoms with Crippen LogP contribution >= 0.6 is 0 Å². The van der Waals surface area contributed by atoms with E-state index in [1.54, 1.807) is 13.8 Å². The molecule has 7 nitrogen and oxygen atoms in total. The van der Waals surface area contributed by atoms with Gasteiger partial charge in [-0.1, -0.05) is 20.8 Å². The second-order valence-electron chi connectivity index (χ2n) is 5.22. The number of nitrogens with one attached hydrogen (secondary N) is 1. The topological polar surface area (TPSA) is 121 Å². The molecule has 1 aromatic carbocycles. The highest BCUT2D eigenvalue weighted by molar-refractivity contribution is 7.85. The van der Waals surface area contributed by atoms with Crippen LogP contribution in [0.15, 0.2) is 23.1 Å². The van der Waals surface area contributed by atoms with Crippen molar-refractivity contribution in [2.24, 2.45) is 5.41 Å². The van der Waals surface area contributed by atoms with E-state index in [1.165, 1.54) is 0 Å². The zero-order chi connectivity index (χ0) is 16.4. The smallest absolute Gasteiger partial charge is 0.335 e. The third-order valence-corrected chi connectivity index (χ3v) is 4.04. The molecule has 116 valence electrons. The molecule has 0 unspecified atom stereocenters. The normalized spacial score (nSPS) is 12.0. The fraction of sp³-hybridized carbons (Fsp3) is 0.385. The number of carbonyl (C=O) groups is 2. The highest BCUT2D eigenvalue weighted by Gasteiger charge is 2.26. The largest absolute Gasteiger partial charge is 0.478 e. The standard InChI is InChI=1S/C13H17NO6S/c1-4-13(2,3)12(17)14-9-5-8(11(15)16)6-10(7-9)21(18,19)20/h5-7H,4H2,1-3H3,(H,14,17)(H,15,16)(H,18,19,20). The molecular formula is C13H17NO6S. The molecule has 0 atom stereocenters. The summed E-state index contributed by atoms with van der Waals surface area (Å²) in [6.07, 6.45) is 0.544. The van der Waals surface area contributed by atoms with Gasteiger partial charge in [0, 0.05) is 11.1 Å². The third-order valence-electron chi connectivity index (χ3n) is 3.21. The summed E-state index contributed by atoms with van der Waals surface area (Å²) in [5.41, 5.74) is -1.05. The van der Waals surface area contributed by atoms with Crippen LogP contribution in [0, 0.1) is 5.41 Å². The van der Waals surface area contributed by atoms with Gasteiger partial charge in [0.05, 0.1) is 10.5 Å². The minimum atomic E-state index is -4.57. The van der Waals surface area contributed by atoms with Gasteiger partial charge in [-0.3, -0.25) is 9.35 Å². The summed E-state index contributed by atoms with van der Waals surface area (Å²) in [4.78, 5) is 22.4. The Kier molecular flexibility index (Phi) is 4.75. The van der Waals surface area contributed by atoms with Crippen molar-refractivity contribution in [3.8, 4) is 0 Å². The number of hydrogen-bond donors (Lipinski definition) is 3. The number of amides is 1. The molecule has 0 aliphatic heterocycles. The van der Waals surface area contributed by atoms with Crippen LogP contribution in [0.5, 0.6) is 0 Å². The van der Waals surface area contributed by atoms with E-state index in [9.17, 15) is 18.0 Å². The Morgan fingerprint density at radius 1 is 1.24 bits per heavy atom. The highest BCUT2D eigenvalue weighted by atomic mass is 32.2. The van der Waals surface area contributed by atoms with Crippen molar-refractivity contribution in [1.82, 2.24) is 0 Å². The molecule has 0 saturated carbocycles. The van der Waals surface area contributed by atoms with Crippen LogP contribution in [-0.2, 0) is 14.9 Å². The summed E-state index contributed by atoms with van der Waals surface area (Å²) in [5.74, 6) is -1.75. The minimum absolute atomic E-state index is 0.00551. The fourth-order valence-corrected chi connectivity index (χ4v) is 1.96. The SMILES string of the molecule is CCC(C)(C)C(=O)Nc1cc(C(=O)O)cc(S(=O)(=O)O)c1. The fourth-order valence-electron chi connectivity index (χ4n) is 1.40. The Hall–Kier alpha value is -1.93. The molecule has 0 radical (unpaired) electrons. The van der Waals surface area contributed by atoms with E-state index >= 15 is 0 Å². The molecule has 0 fully saturated rings. The predicted octanol–water partition coefficient (Wildman–Crippen LogP) is 2.01. The van der Waals surface area contributed by atoms with Crippen molar-refractivity contribution in [2.75, 3.05) is 5.32 Å². The van der Waals surface area contributed by atoms with Gasteiger partial charge in [0.2, 0.25) is 5.91 Å². The quantitative estimate of drug-likeness (QED) is 0.715. The van der Waals surface area contributed by atoms with Crippen molar-refractivity contribution in [3.05, 3.63) is 23.8 Å². The molecule has 3 N–H and O–H groups in total. The number of hydrogen-bond acceptors (Lipinski definition) is 4. The lowest BCUT2D eigenvalue weighted by molar-refractivity contribution is -0.124. The first-order valence-electron chi connectivity index (χ1n) is 6.14. The number of rotatable bonds is 5. The van der Waals surface area contributed by atoms with Crippen LogP contribution < -0.4 is 5.32 Å². The van der Waals surface area contributed by atoms with Crippen LogP contribution in [0.2, 0.25) is 0 Å². The van der Waals surface area contributed by atoms with Crippen LogP contribution in [0.3, 0.4) is 0 Å². The van der Waals surface area contributed by atoms with Crippen molar-refractivity contribution >= 4 is 27.7 Å². The summed E-state index contributed by atoms with van der Waals surface area (Å²) in [7, 11) is -4.57. The van der Waals surface area contributed by atoms with E-state index in [-0.39, 0.29) is 17.2 Å². The summed E-state index contributed by atoms with van der Waals surface area (Å²) >= 11 is 0. The lowest BCUT2D eigenvalue weighted by Gasteiger charge is -2.21. The molecule has 21 heavy (non-hydrogen) atoms. The number of aromatic carboxylic acids is 1. The van der Waals surface area contributed by atoms with Gasteiger partial charge >= 0.3 is 5.97 Å². The third kappa shape index (κ3) is 4.27. The first-order valence-corrected chi connectivity index (χ1v) is 7.58. The number of anilines is 1. The Labute approximate surface area is 122 Å². The van der Waals surface area contributed by atoms with E-state index in [0.717, 1.165) is 18.2 Å². The first-order chi connectivity index (χ1) is 9.47. The molecule has 1 rings (SSSR count). The maximum absolute atomic E-state index is 12.0. The van der Waals surface area contributed by atoms with Gasteiger partial charge in [-0.05, 0) is 24.6 Å². The van der Waals surface area contributed by atoms with Gasteiger partial charge in [0.25, 0.3) is 10.1 Å². The predicted molar refractivity (Wildman–Crippen MR) is 75.9 cm³/mol. The molecule has 0 saturated heterocycles. The van der Waals surface area contributed by atoms with Crippen LogP contribution in [0.4, 0.5) is 5.69 Å². The second-order valence-corrected chi connectivity index (χ2v) is 6.64. The first kappa shape index (κ1) is 17.1. The molecule has 0 aliphatic carbocycles. The van der Waals surface area contributed by atoms with Gasteiger partial charge in [-0.25, -0.2) is 4.79 Å². The molecule has 8 heteroatoms. The van der Waals surface area contributed by atoms with Gasteiger partial charge in [-0.2, -0.15) is 8.42 Å². The number of carboxylic acid groups (broad SMARTS) is 1. The molecule has 0 bridgehead atoms. The molecule has 0 spiro atoms. The molecule has 0 heterocycles. The molecule has 0 aliphatic rings. The Bertz CT molecular complexity index is 678. The molecular weight excluding hydrogens is 298 g/mol. The average Bonchev–Trinajstić information content (AvgIpc) is 2.37. The maximum atomic E-state index is 12.0. The van der Waals surface area contributed by atoms with E-state index in [4.69, 9.17) is 9.66 Å². The Balaban J connectivity index is 3.28.